The van der Waals surface area contributed by atoms with Crippen LogP contribution in [0.25, 0.3) is 16.9 Å². The fraction of sp³-hybridized carbons (Fsp3) is 0.250. The average Bonchev–Trinajstić information content (AvgIpc) is 3.44. The Morgan fingerprint density at radius 3 is 2.52 bits per heavy atom. The number of rotatable bonds is 5. The lowest BCUT2D eigenvalue weighted by molar-refractivity contribution is 0.0950. The van der Waals surface area contributed by atoms with Gasteiger partial charge in [0.1, 0.15) is 5.82 Å². The van der Waals surface area contributed by atoms with Crippen molar-refractivity contribution < 1.29 is 4.79 Å². The molecular formula is C24H23N5O2. The van der Waals surface area contributed by atoms with Gasteiger partial charge in [0.05, 0.1) is 16.6 Å². The largest absolute Gasteiger partial charge is 0.348 e. The van der Waals surface area contributed by atoms with Gasteiger partial charge in [-0.3, -0.25) is 14.3 Å². The fourth-order valence-corrected chi connectivity index (χ4v) is 4.34. The van der Waals surface area contributed by atoms with Crippen LogP contribution < -0.4 is 11.0 Å². The molecule has 3 heterocycles. The highest BCUT2D eigenvalue weighted by Gasteiger charge is 2.24. The van der Waals surface area contributed by atoms with E-state index in [9.17, 15) is 9.59 Å². The number of carbonyl (C=O) groups excluding carboxylic acids is 1. The summed E-state index contributed by atoms with van der Waals surface area (Å²) in [6.45, 7) is 0.347. The highest BCUT2D eigenvalue weighted by atomic mass is 16.2. The highest BCUT2D eigenvalue weighted by Crippen LogP contribution is 2.31. The van der Waals surface area contributed by atoms with Gasteiger partial charge in [-0.15, -0.1) is 0 Å². The van der Waals surface area contributed by atoms with E-state index in [1.165, 1.54) is 6.20 Å². The molecule has 0 spiro atoms. The van der Waals surface area contributed by atoms with Gasteiger partial charge in [-0.2, -0.15) is 0 Å². The third-order valence-electron chi connectivity index (χ3n) is 5.88. The first-order valence-electron chi connectivity index (χ1n) is 10.6. The molecule has 156 valence electrons. The number of nitrogens with one attached hydrogen (secondary N) is 1. The number of pyridine rings is 2. The third kappa shape index (κ3) is 3.63. The summed E-state index contributed by atoms with van der Waals surface area (Å²) in [6.07, 6.45) is 9.26. The van der Waals surface area contributed by atoms with Gasteiger partial charge in [-0.1, -0.05) is 31.0 Å². The van der Waals surface area contributed by atoms with Crippen LogP contribution in [0.4, 0.5) is 0 Å². The summed E-state index contributed by atoms with van der Waals surface area (Å²) in [5.41, 5.74) is 3.14. The van der Waals surface area contributed by atoms with Gasteiger partial charge < -0.3 is 5.32 Å². The van der Waals surface area contributed by atoms with Crippen LogP contribution in [0.2, 0.25) is 0 Å². The maximum absolute atomic E-state index is 13.4. The third-order valence-corrected chi connectivity index (χ3v) is 5.88. The molecule has 1 amide bonds. The first-order chi connectivity index (χ1) is 15.2. The van der Waals surface area contributed by atoms with Crippen LogP contribution in [0.1, 0.15) is 47.6 Å². The van der Waals surface area contributed by atoms with Crippen LogP contribution in [0, 0.1) is 0 Å². The Balaban J connectivity index is 1.42. The smallest absolute Gasteiger partial charge is 0.335 e. The van der Waals surface area contributed by atoms with Crippen LogP contribution in [0.3, 0.4) is 0 Å². The lowest BCUT2D eigenvalue weighted by atomic mass is 10.2. The Morgan fingerprint density at radius 1 is 1.00 bits per heavy atom. The maximum atomic E-state index is 13.4. The number of benzene rings is 1. The normalized spacial score (nSPS) is 14.2. The minimum atomic E-state index is -0.187. The van der Waals surface area contributed by atoms with Crippen molar-refractivity contribution in [1.82, 2.24) is 24.4 Å². The molecule has 31 heavy (non-hydrogen) atoms. The summed E-state index contributed by atoms with van der Waals surface area (Å²) < 4.78 is 3.62. The van der Waals surface area contributed by atoms with Crippen molar-refractivity contribution >= 4 is 16.9 Å². The summed E-state index contributed by atoms with van der Waals surface area (Å²) >= 11 is 0. The van der Waals surface area contributed by atoms with Crippen LogP contribution in [0.5, 0.6) is 0 Å². The van der Waals surface area contributed by atoms with Gasteiger partial charge in [0.2, 0.25) is 0 Å². The highest BCUT2D eigenvalue weighted by molar-refractivity contribution is 5.93. The molecule has 1 fully saturated rings. The van der Waals surface area contributed by atoms with E-state index in [0.29, 0.717) is 17.9 Å². The maximum Gasteiger partial charge on any atom is 0.335 e. The minimum Gasteiger partial charge on any atom is -0.348 e. The number of hydrogen-bond donors (Lipinski definition) is 1. The van der Waals surface area contributed by atoms with E-state index in [2.05, 4.69) is 15.3 Å². The summed E-state index contributed by atoms with van der Waals surface area (Å²) in [5, 5.41) is 2.87. The summed E-state index contributed by atoms with van der Waals surface area (Å²) in [7, 11) is 0. The Morgan fingerprint density at radius 2 is 1.81 bits per heavy atom. The molecule has 1 N–H and O–H groups in total. The van der Waals surface area contributed by atoms with Crippen molar-refractivity contribution in [2.75, 3.05) is 0 Å². The minimum absolute atomic E-state index is 0.0433. The van der Waals surface area contributed by atoms with Crippen molar-refractivity contribution in [2.24, 2.45) is 0 Å². The van der Waals surface area contributed by atoms with E-state index in [1.807, 2.05) is 41.0 Å². The number of aromatic nitrogens is 4. The topological polar surface area (TPSA) is 81.8 Å². The van der Waals surface area contributed by atoms with Crippen LogP contribution in [-0.4, -0.2) is 25.0 Å². The molecule has 0 bridgehead atoms. The molecule has 0 saturated heterocycles. The Labute approximate surface area is 179 Å². The zero-order chi connectivity index (χ0) is 21.2. The number of nitrogens with zero attached hydrogens (tertiary/aromatic N) is 4. The number of imidazole rings is 1. The lowest BCUT2D eigenvalue weighted by Gasteiger charge is -2.10. The second-order valence-corrected chi connectivity index (χ2v) is 7.86. The molecule has 1 saturated carbocycles. The molecule has 0 aliphatic heterocycles. The standard InChI is InChI=1S/C24H23N5O2/c30-23(18-6-5-13-25-16-18)27-15-17-11-12-22(26-14-17)29-21-10-4-3-9-20(21)28(24(29)31)19-7-1-2-8-19/h3-6,9-14,16,19H,1-2,7-8,15H2,(H,27,30). The van der Waals surface area contributed by atoms with Gasteiger partial charge in [0, 0.05) is 31.2 Å². The second-order valence-electron chi connectivity index (χ2n) is 7.86. The Bertz CT molecular complexity index is 1270. The summed E-state index contributed by atoms with van der Waals surface area (Å²) in [6, 6.07) is 15.3. The van der Waals surface area contributed by atoms with E-state index in [-0.39, 0.29) is 17.6 Å². The van der Waals surface area contributed by atoms with E-state index >= 15 is 0 Å². The zero-order valence-electron chi connectivity index (χ0n) is 17.1. The Hall–Kier alpha value is -3.74. The van der Waals surface area contributed by atoms with Crippen molar-refractivity contribution in [3.63, 3.8) is 0 Å². The number of amides is 1. The quantitative estimate of drug-likeness (QED) is 0.542. The predicted molar refractivity (Wildman–Crippen MR) is 118 cm³/mol. The molecule has 7 heteroatoms. The zero-order valence-corrected chi connectivity index (χ0v) is 17.1. The molecular weight excluding hydrogens is 390 g/mol. The monoisotopic (exact) mass is 413 g/mol. The van der Waals surface area contributed by atoms with E-state index < -0.39 is 0 Å². The Kier molecular flexibility index (Phi) is 5.08. The van der Waals surface area contributed by atoms with Gasteiger partial charge >= 0.3 is 5.69 Å². The molecule has 0 radical (unpaired) electrons. The first-order valence-corrected chi connectivity index (χ1v) is 10.6. The summed E-state index contributed by atoms with van der Waals surface area (Å²) in [4.78, 5) is 34.1. The first kappa shape index (κ1) is 19.2. The van der Waals surface area contributed by atoms with Crippen molar-refractivity contribution in [2.45, 2.75) is 38.3 Å². The van der Waals surface area contributed by atoms with Crippen LogP contribution >= 0.6 is 0 Å². The fourth-order valence-electron chi connectivity index (χ4n) is 4.34. The van der Waals surface area contributed by atoms with Crippen molar-refractivity contribution in [1.29, 1.82) is 0 Å². The van der Waals surface area contributed by atoms with Crippen LogP contribution in [-0.2, 0) is 6.54 Å². The molecule has 4 aromatic rings. The molecule has 1 aromatic carbocycles. The molecule has 0 atom stereocenters. The molecule has 7 nitrogen and oxygen atoms in total. The van der Waals surface area contributed by atoms with Crippen molar-refractivity contribution in [3.8, 4) is 5.82 Å². The number of para-hydroxylation sites is 2. The molecule has 1 aliphatic rings. The van der Waals surface area contributed by atoms with Crippen molar-refractivity contribution in [3.05, 3.63) is 88.7 Å². The van der Waals surface area contributed by atoms with E-state index in [1.54, 1.807) is 29.1 Å². The molecule has 1 aliphatic carbocycles. The lowest BCUT2D eigenvalue weighted by Crippen LogP contribution is -2.26. The number of hydrogen-bond acceptors (Lipinski definition) is 4. The van der Waals surface area contributed by atoms with E-state index in [0.717, 1.165) is 42.3 Å². The van der Waals surface area contributed by atoms with Gasteiger partial charge in [0.15, 0.2) is 0 Å². The summed E-state index contributed by atoms with van der Waals surface area (Å²) in [5.74, 6) is 0.397. The van der Waals surface area contributed by atoms with Gasteiger partial charge in [-0.25, -0.2) is 14.3 Å². The molecule has 0 unspecified atom stereocenters. The average molecular weight is 413 g/mol. The van der Waals surface area contributed by atoms with E-state index in [4.69, 9.17) is 0 Å². The molecule has 5 rings (SSSR count). The van der Waals surface area contributed by atoms with Gasteiger partial charge in [-0.05, 0) is 48.7 Å². The van der Waals surface area contributed by atoms with Gasteiger partial charge in [0.25, 0.3) is 5.91 Å². The number of carbonyl (C=O) groups is 1. The van der Waals surface area contributed by atoms with Crippen LogP contribution in [0.15, 0.2) is 71.9 Å². The molecule has 3 aromatic heterocycles. The number of fused-ring (bicyclic) bond motifs is 1. The predicted octanol–water partition coefficient (Wildman–Crippen LogP) is 3.63. The SMILES string of the molecule is O=C(NCc1ccc(-n2c(=O)n(C3CCCC3)c3ccccc32)nc1)c1cccnc1. The second kappa shape index (κ2) is 8.18.